The van der Waals surface area contributed by atoms with Gasteiger partial charge < -0.3 is 9.47 Å². The van der Waals surface area contributed by atoms with Crippen molar-refractivity contribution in [2.45, 2.75) is 4.90 Å². The van der Waals surface area contributed by atoms with Crippen LogP contribution in [0.1, 0.15) is 10.4 Å². The lowest BCUT2D eigenvalue weighted by Gasteiger charge is -2.11. The number of hydrogen-bond acceptors (Lipinski definition) is 7. The van der Waals surface area contributed by atoms with Crippen LogP contribution in [0.25, 0.3) is 0 Å². The SMILES string of the molecule is C=CCNS(=O)(=O)c1ccc(C(=O)OCC(=O)N2CCOC2=O)cc1. The van der Waals surface area contributed by atoms with E-state index in [1.165, 1.54) is 30.3 Å². The van der Waals surface area contributed by atoms with Gasteiger partial charge in [-0.05, 0) is 24.3 Å². The number of imide groups is 1. The van der Waals surface area contributed by atoms with E-state index < -0.39 is 34.6 Å². The number of nitrogens with zero attached hydrogens (tertiary/aromatic N) is 1. The third kappa shape index (κ3) is 4.64. The number of ether oxygens (including phenoxy) is 2. The van der Waals surface area contributed by atoms with E-state index in [4.69, 9.17) is 4.74 Å². The van der Waals surface area contributed by atoms with Gasteiger partial charge in [-0.15, -0.1) is 6.58 Å². The first-order valence-corrected chi connectivity index (χ1v) is 8.68. The van der Waals surface area contributed by atoms with E-state index in [9.17, 15) is 22.8 Å². The van der Waals surface area contributed by atoms with Crippen LogP contribution < -0.4 is 4.72 Å². The van der Waals surface area contributed by atoms with Gasteiger partial charge >= 0.3 is 12.1 Å². The van der Waals surface area contributed by atoms with E-state index >= 15 is 0 Å². The molecule has 134 valence electrons. The van der Waals surface area contributed by atoms with E-state index in [-0.39, 0.29) is 30.2 Å². The highest BCUT2D eigenvalue weighted by Gasteiger charge is 2.29. The molecule has 1 N–H and O–H groups in total. The standard InChI is InChI=1S/C15H16N2O7S/c1-2-7-16-25(21,22)12-5-3-11(4-6-12)14(19)24-10-13(18)17-8-9-23-15(17)20/h2-6,16H,1,7-10H2. The monoisotopic (exact) mass is 368 g/mol. The summed E-state index contributed by atoms with van der Waals surface area (Å²) in [6.45, 7) is 3.09. The highest BCUT2D eigenvalue weighted by Crippen LogP contribution is 2.12. The van der Waals surface area contributed by atoms with Crippen molar-refractivity contribution < 1.29 is 32.3 Å². The minimum absolute atomic E-state index is 0.0261. The number of hydrogen-bond donors (Lipinski definition) is 1. The number of rotatable bonds is 7. The van der Waals surface area contributed by atoms with Crippen LogP contribution in [-0.2, 0) is 24.3 Å². The maximum atomic E-state index is 11.9. The molecule has 1 aromatic carbocycles. The first-order valence-electron chi connectivity index (χ1n) is 7.20. The first-order chi connectivity index (χ1) is 11.8. The second kappa shape index (κ2) is 7.90. The topological polar surface area (TPSA) is 119 Å². The van der Waals surface area contributed by atoms with Crippen molar-refractivity contribution in [2.75, 3.05) is 26.3 Å². The molecular weight excluding hydrogens is 352 g/mol. The second-order valence-electron chi connectivity index (χ2n) is 4.90. The van der Waals surface area contributed by atoms with E-state index in [0.29, 0.717) is 0 Å². The molecule has 2 amide bonds. The second-order valence-corrected chi connectivity index (χ2v) is 6.67. The summed E-state index contributed by atoms with van der Waals surface area (Å²) in [5, 5.41) is 0. The lowest BCUT2D eigenvalue weighted by molar-refractivity contribution is -0.131. The Hall–Kier alpha value is -2.72. The molecule has 1 aliphatic rings. The average Bonchev–Trinajstić information content (AvgIpc) is 3.04. The number of carbonyl (C=O) groups is 3. The largest absolute Gasteiger partial charge is 0.452 e. The van der Waals surface area contributed by atoms with Crippen molar-refractivity contribution in [3.63, 3.8) is 0 Å². The van der Waals surface area contributed by atoms with Gasteiger partial charge in [-0.2, -0.15) is 0 Å². The molecule has 9 nitrogen and oxygen atoms in total. The Labute approximate surface area is 144 Å². The maximum absolute atomic E-state index is 11.9. The number of esters is 1. The molecule has 25 heavy (non-hydrogen) atoms. The molecule has 1 saturated heterocycles. The fourth-order valence-electron chi connectivity index (χ4n) is 1.93. The summed E-state index contributed by atoms with van der Waals surface area (Å²) in [5.41, 5.74) is 0.0690. The van der Waals surface area contributed by atoms with E-state index in [1.807, 2.05) is 0 Å². The van der Waals surface area contributed by atoms with Gasteiger partial charge in [0.1, 0.15) is 6.61 Å². The van der Waals surface area contributed by atoms with Crippen LogP contribution in [0.4, 0.5) is 4.79 Å². The fourth-order valence-corrected chi connectivity index (χ4v) is 2.93. The third-order valence-electron chi connectivity index (χ3n) is 3.21. The molecule has 0 unspecified atom stereocenters. The highest BCUT2D eigenvalue weighted by molar-refractivity contribution is 7.89. The zero-order valence-corrected chi connectivity index (χ0v) is 14.0. The number of nitrogens with one attached hydrogen (secondary N) is 1. The van der Waals surface area contributed by atoms with Crippen LogP contribution >= 0.6 is 0 Å². The average molecular weight is 368 g/mol. The molecule has 0 atom stereocenters. The Morgan fingerprint density at radius 1 is 1.32 bits per heavy atom. The summed E-state index contributed by atoms with van der Waals surface area (Å²) in [6.07, 6.45) is 0.624. The van der Waals surface area contributed by atoms with Crippen molar-refractivity contribution in [3.8, 4) is 0 Å². The third-order valence-corrected chi connectivity index (χ3v) is 4.65. The molecule has 10 heteroatoms. The number of amides is 2. The van der Waals surface area contributed by atoms with Crippen molar-refractivity contribution in [3.05, 3.63) is 42.5 Å². The lowest BCUT2D eigenvalue weighted by Crippen LogP contribution is -2.35. The van der Waals surface area contributed by atoms with Crippen molar-refractivity contribution >= 4 is 28.0 Å². The molecule has 1 fully saturated rings. The van der Waals surface area contributed by atoms with E-state index in [1.54, 1.807) is 0 Å². The number of benzene rings is 1. The van der Waals surface area contributed by atoms with Crippen LogP contribution in [0, 0.1) is 0 Å². The van der Waals surface area contributed by atoms with Crippen LogP contribution in [-0.4, -0.2) is 57.6 Å². The number of sulfonamides is 1. The van der Waals surface area contributed by atoms with Crippen molar-refractivity contribution in [1.82, 2.24) is 9.62 Å². The van der Waals surface area contributed by atoms with E-state index in [2.05, 4.69) is 16.0 Å². The van der Waals surface area contributed by atoms with E-state index in [0.717, 1.165) is 4.90 Å². The molecule has 0 saturated carbocycles. The minimum atomic E-state index is -3.69. The number of cyclic esters (lactones) is 1. The van der Waals surface area contributed by atoms with Gasteiger partial charge in [0, 0.05) is 6.54 Å². The molecule has 1 aromatic rings. The van der Waals surface area contributed by atoms with Crippen LogP contribution in [0.3, 0.4) is 0 Å². The van der Waals surface area contributed by atoms with Gasteiger partial charge in [0.2, 0.25) is 10.0 Å². The van der Waals surface area contributed by atoms with Crippen LogP contribution in [0.15, 0.2) is 41.8 Å². The number of carbonyl (C=O) groups excluding carboxylic acids is 3. The van der Waals surface area contributed by atoms with Crippen molar-refractivity contribution in [1.29, 1.82) is 0 Å². The summed E-state index contributed by atoms with van der Waals surface area (Å²) in [7, 11) is -3.69. The predicted octanol–water partition coefficient (Wildman–Crippen LogP) is 0.286. The molecule has 0 aliphatic carbocycles. The minimum Gasteiger partial charge on any atom is -0.452 e. The Bertz CT molecular complexity index is 787. The highest BCUT2D eigenvalue weighted by atomic mass is 32.2. The molecular formula is C15H16N2O7S. The quantitative estimate of drug-likeness (QED) is 0.542. The Balaban J connectivity index is 1.95. The van der Waals surface area contributed by atoms with Gasteiger partial charge in [0.05, 0.1) is 17.0 Å². The summed E-state index contributed by atoms with van der Waals surface area (Å²) in [6, 6.07) is 5.00. The smallest absolute Gasteiger partial charge is 0.416 e. The fraction of sp³-hybridized carbons (Fsp3) is 0.267. The van der Waals surface area contributed by atoms with Gasteiger partial charge in [0.25, 0.3) is 5.91 Å². The molecule has 0 spiro atoms. The predicted molar refractivity (Wildman–Crippen MR) is 85.2 cm³/mol. The molecule has 0 radical (unpaired) electrons. The zero-order valence-electron chi connectivity index (χ0n) is 13.1. The molecule has 1 aliphatic heterocycles. The summed E-state index contributed by atoms with van der Waals surface area (Å²) >= 11 is 0. The Morgan fingerprint density at radius 2 is 2.00 bits per heavy atom. The Morgan fingerprint density at radius 3 is 2.56 bits per heavy atom. The van der Waals surface area contributed by atoms with Gasteiger partial charge in [-0.1, -0.05) is 6.08 Å². The zero-order chi connectivity index (χ0) is 18.4. The summed E-state index contributed by atoms with van der Waals surface area (Å²) < 4.78 is 35.5. The molecule has 1 heterocycles. The van der Waals surface area contributed by atoms with Crippen LogP contribution in [0.5, 0.6) is 0 Å². The maximum Gasteiger partial charge on any atom is 0.416 e. The first kappa shape index (κ1) is 18.6. The molecule has 0 bridgehead atoms. The summed E-state index contributed by atoms with van der Waals surface area (Å²) in [4.78, 5) is 35.6. The Kier molecular flexibility index (Phi) is 5.88. The van der Waals surface area contributed by atoms with Gasteiger partial charge in [0.15, 0.2) is 6.61 Å². The van der Waals surface area contributed by atoms with Gasteiger partial charge in [-0.25, -0.2) is 27.6 Å². The summed E-state index contributed by atoms with van der Waals surface area (Å²) in [5.74, 6) is -1.51. The van der Waals surface area contributed by atoms with Gasteiger partial charge in [-0.3, -0.25) is 4.79 Å². The lowest BCUT2D eigenvalue weighted by atomic mass is 10.2. The molecule has 0 aromatic heterocycles. The van der Waals surface area contributed by atoms with Crippen molar-refractivity contribution in [2.24, 2.45) is 0 Å². The normalized spacial score (nSPS) is 14.1. The van der Waals surface area contributed by atoms with Crippen LogP contribution in [0.2, 0.25) is 0 Å². The molecule has 2 rings (SSSR count).